The van der Waals surface area contributed by atoms with Crippen molar-refractivity contribution in [2.24, 2.45) is 17.7 Å². The maximum atomic E-state index is 12.9. The summed E-state index contributed by atoms with van der Waals surface area (Å²) in [4.78, 5) is 36.4. The number of hydrogen-bond donors (Lipinski definition) is 2. The molecular weight excluding hydrogens is 360 g/mol. The lowest BCUT2D eigenvalue weighted by Gasteiger charge is -2.31. The topological polar surface area (TPSA) is 110 Å². The van der Waals surface area contributed by atoms with Gasteiger partial charge in [-0.3, -0.25) is 19.4 Å². The van der Waals surface area contributed by atoms with Crippen molar-refractivity contribution in [1.82, 2.24) is 5.01 Å². The van der Waals surface area contributed by atoms with Crippen LogP contribution >= 0.6 is 11.6 Å². The number of hydrogen-bond acceptors (Lipinski definition) is 5. The number of carbonyl (C=O) groups is 3. The summed E-state index contributed by atoms with van der Waals surface area (Å²) in [6, 6.07) is 5.42. The van der Waals surface area contributed by atoms with Crippen molar-refractivity contribution in [3.8, 4) is 0 Å². The molecule has 1 amide bonds. The molecule has 8 heteroatoms. The van der Waals surface area contributed by atoms with Gasteiger partial charge in [-0.25, -0.2) is 5.84 Å². The maximum Gasteiger partial charge on any atom is 0.319 e. The van der Waals surface area contributed by atoms with Crippen molar-refractivity contribution in [3.05, 3.63) is 34.9 Å². The Morgan fingerprint density at radius 1 is 1.15 bits per heavy atom. The van der Waals surface area contributed by atoms with Crippen molar-refractivity contribution in [1.29, 1.82) is 0 Å². The minimum absolute atomic E-state index is 0.365. The van der Waals surface area contributed by atoms with Crippen LogP contribution in [0.15, 0.2) is 24.3 Å². The van der Waals surface area contributed by atoms with Crippen LogP contribution in [-0.4, -0.2) is 34.1 Å². The minimum atomic E-state index is -1.13. The second kappa shape index (κ2) is 9.54. The number of carboxylic acid groups (broad SMARTS) is 1. The highest BCUT2D eigenvalue weighted by Gasteiger charge is 2.37. The average molecular weight is 385 g/mol. The molecule has 0 saturated carbocycles. The third-order valence-corrected chi connectivity index (χ3v) is 4.00. The highest BCUT2D eigenvalue weighted by molar-refractivity contribution is 6.30. The van der Waals surface area contributed by atoms with Gasteiger partial charge in [0.1, 0.15) is 5.92 Å². The van der Waals surface area contributed by atoms with Crippen LogP contribution < -0.4 is 5.84 Å². The smallest absolute Gasteiger partial charge is 0.319 e. The fraction of sp³-hybridized carbons (Fsp3) is 0.500. The molecule has 2 atom stereocenters. The monoisotopic (exact) mass is 384 g/mol. The number of nitrogens with two attached hydrogens (primary N) is 1. The molecule has 0 bridgehead atoms. The molecule has 1 aromatic carbocycles. The Hall–Kier alpha value is -2.12. The number of amides is 1. The van der Waals surface area contributed by atoms with E-state index in [2.05, 4.69) is 0 Å². The SMILES string of the molecule is CC(C)OC(=O)C(C(=O)N(N)C(CC(=O)O)c1ccc(Cl)cc1)C(C)C. The fourth-order valence-corrected chi connectivity index (χ4v) is 2.63. The number of halogens is 1. The first-order chi connectivity index (χ1) is 12.0. The van der Waals surface area contributed by atoms with Gasteiger partial charge >= 0.3 is 11.9 Å². The molecule has 0 heterocycles. The number of rotatable bonds is 8. The summed E-state index contributed by atoms with van der Waals surface area (Å²) in [7, 11) is 0. The van der Waals surface area contributed by atoms with Crippen LogP contribution in [0, 0.1) is 11.8 Å². The molecule has 0 saturated heterocycles. The first-order valence-corrected chi connectivity index (χ1v) is 8.67. The number of hydrazine groups is 1. The average Bonchev–Trinajstić information content (AvgIpc) is 2.51. The number of esters is 1. The van der Waals surface area contributed by atoms with E-state index in [9.17, 15) is 19.5 Å². The molecule has 144 valence electrons. The largest absolute Gasteiger partial charge is 0.481 e. The van der Waals surface area contributed by atoms with Gasteiger partial charge in [-0.1, -0.05) is 37.6 Å². The van der Waals surface area contributed by atoms with E-state index in [0.717, 1.165) is 5.01 Å². The summed E-state index contributed by atoms with van der Waals surface area (Å²) in [6.07, 6.45) is -0.790. The Morgan fingerprint density at radius 2 is 1.69 bits per heavy atom. The summed E-state index contributed by atoms with van der Waals surface area (Å²) in [6.45, 7) is 6.76. The summed E-state index contributed by atoms with van der Waals surface area (Å²) in [5.41, 5.74) is 0.507. The van der Waals surface area contributed by atoms with Gasteiger partial charge in [0.05, 0.1) is 18.6 Å². The lowest BCUT2D eigenvalue weighted by molar-refractivity contribution is -0.162. The van der Waals surface area contributed by atoms with E-state index < -0.39 is 36.2 Å². The lowest BCUT2D eigenvalue weighted by Crippen LogP contribution is -2.48. The maximum absolute atomic E-state index is 12.9. The van der Waals surface area contributed by atoms with Crippen LogP contribution in [0.5, 0.6) is 0 Å². The van der Waals surface area contributed by atoms with E-state index in [0.29, 0.717) is 10.6 Å². The van der Waals surface area contributed by atoms with E-state index in [1.807, 2.05) is 0 Å². The van der Waals surface area contributed by atoms with Crippen molar-refractivity contribution in [3.63, 3.8) is 0 Å². The Labute approximate surface area is 158 Å². The molecule has 2 unspecified atom stereocenters. The molecule has 0 fully saturated rings. The molecule has 0 radical (unpaired) electrons. The molecule has 1 rings (SSSR count). The lowest BCUT2D eigenvalue weighted by atomic mass is 9.93. The molecule has 7 nitrogen and oxygen atoms in total. The van der Waals surface area contributed by atoms with E-state index in [-0.39, 0.29) is 12.0 Å². The van der Waals surface area contributed by atoms with Crippen LogP contribution in [0.4, 0.5) is 0 Å². The predicted octanol–water partition coefficient (Wildman–Crippen LogP) is 2.78. The van der Waals surface area contributed by atoms with E-state index in [1.165, 1.54) is 0 Å². The Bertz CT molecular complexity index is 645. The molecule has 0 aliphatic rings. The molecule has 0 aromatic heterocycles. The number of ether oxygens (including phenoxy) is 1. The zero-order chi connectivity index (χ0) is 20.0. The summed E-state index contributed by atoms with van der Waals surface area (Å²) < 4.78 is 5.15. The van der Waals surface area contributed by atoms with Crippen LogP contribution in [0.2, 0.25) is 5.02 Å². The van der Waals surface area contributed by atoms with Crippen LogP contribution in [0.1, 0.15) is 45.7 Å². The van der Waals surface area contributed by atoms with Crippen molar-refractivity contribution >= 4 is 29.4 Å². The van der Waals surface area contributed by atoms with Crippen LogP contribution in [0.3, 0.4) is 0 Å². The Kier molecular flexibility index (Phi) is 8.05. The molecular formula is C18H25ClN2O5. The Morgan fingerprint density at radius 3 is 2.12 bits per heavy atom. The molecule has 26 heavy (non-hydrogen) atoms. The molecule has 3 N–H and O–H groups in total. The standard InChI is InChI=1S/C18H25ClN2O5/c1-10(2)16(18(25)26-11(3)4)17(24)21(20)14(9-15(22)23)12-5-7-13(19)8-6-12/h5-8,10-11,14,16H,9,20H2,1-4H3,(H,22,23). The van der Waals surface area contributed by atoms with Gasteiger partial charge in [0, 0.05) is 5.02 Å². The Balaban J connectivity index is 3.15. The number of aliphatic carboxylic acids is 1. The van der Waals surface area contributed by atoms with Gasteiger partial charge in [0.2, 0.25) is 0 Å². The zero-order valence-electron chi connectivity index (χ0n) is 15.3. The normalized spacial score (nSPS) is 13.4. The highest BCUT2D eigenvalue weighted by atomic mass is 35.5. The van der Waals surface area contributed by atoms with E-state index in [4.69, 9.17) is 22.2 Å². The number of nitrogens with zero attached hydrogens (tertiary/aromatic N) is 1. The first-order valence-electron chi connectivity index (χ1n) is 8.30. The van der Waals surface area contributed by atoms with Crippen molar-refractivity contribution in [2.75, 3.05) is 0 Å². The predicted molar refractivity (Wildman–Crippen MR) is 97.0 cm³/mol. The molecule has 0 aliphatic heterocycles. The van der Waals surface area contributed by atoms with Gasteiger partial charge in [-0.15, -0.1) is 0 Å². The zero-order valence-corrected chi connectivity index (χ0v) is 16.1. The number of carboxylic acids is 1. The van der Waals surface area contributed by atoms with E-state index >= 15 is 0 Å². The van der Waals surface area contributed by atoms with Crippen LogP contribution in [0.25, 0.3) is 0 Å². The highest BCUT2D eigenvalue weighted by Crippen LogP contribution is 2.27. The summed E-state index contributed by atoms with van der Waals surface area (Å²) in [5.74, 6) is 1.99. The second-order valence-corrected chi connectivity index (χ2v) is 7.05. The van der Waals surface area contributed by atoms with Gasteiger partial charge in [0.25, 0.3) is 5.91 Å². The summed E-state index contributed by atoms with van der Waals surface area (Å²) in [5, 5.41) is 10.5. The second-order valence-electron chi connectivity index (χ2n) is 6.62. The van der Waals surface area contributed by atoms with Gasteiger partial charge in [0.15, 0.2) is 0 Å². The van der Waals surface area contributed by atoms with E-state index in [1.54, 1.807) is 52.0 Å². The van der Waals surface area contributed by atoms with Gasteiger partial charge in [-0.2, -0.15) is 0 Å². The quantitative estimate of drug-likeness (QED) is 0.234. The molecule has 0 spiro atoms. The third kappa shape index (κ3) is 6.00. The minimum Gasteiger partial charge on any atom is -0.481 e. The van der Waals surface area contributed by atoms with Gasteiger partial charge < -0.3 is 9.84 Å². The molecule has 0 aliphatic carbocycles. The van der Waals surface area contributed by atoms with Crippen molar-refractivity contribution in [2.45, 2.75) is 46.3 Å². The van der Waals surface area contributed by atoms with Gasteiger partial charge in [-0.05, 0) is 37.5 Å². The molecule has 1 aromatic rings. The number of benzene rings is 1. The van der Waals surface area contributed by atoms with Crippen LogP contribution in [-0.2, 0) is 19.1 Å². The number of carbonyl (C=O) groups excluding carboxylic acids is 2. The third-order valence-electron chi connectivity index (χ3n) is 3.75. The van der Waals surface area contributed by atoms with Crippen molar-refractivity contribution < 1.29 is 24.2 Å². The fourth-order valence-electron chi connectivity index (χ4n) is 2.51. The summed E-state index contributed by atoms with van der Waals surface area (Å²) >= 11 is 5.86. The first kappa shape index (κ1) is 21.9.